The van der Waals surface area contributed by atoms with Crippen molar-refractivity contribution < 1.29 is 9.21 Å². The van der Waals surface area contributed by atoms with E-state index in [1.807, 2.05) is 37.3 Å². The molecule has 1 aromatic carbocycles. The Morgan fingerprint density at radius 2 is 2.22 bits per heavy atom. The van der Waals surface area contributed by atoms with Crippen LogP contribution in [0.5, 0.6) is 0 Å². The normalized spacial score (nSPS) is 12.4. The molecule has 8 heteroatoms. The third-order valence-electron chi connectivity index (χ3n) is 3.57. The number of anilines is 1. The highest BCUT2D eigenvalue weighted by Gasteiger charge is 2.21. The molecule has 0 bridgehead atoms. The molecule has 120 valence electrons. The van der Waals surface area contributed by atoms with Crippen LogP contribution in [0.3, 0.4) is 0 Å². The molecule has 0 saturated heterocycles. The molecular formula is C15H16N4O2S2. The van der Waals surface area contributed by atoms with E-state index < -0.39 is 0 Å². The number of carbonyl (C=O) groups is 1. The average molecular weight is 348 g/mol. The number of aromatic nitrogens is 2. The summed E-state index contributed by atoms with van der Waals surface area (Å²) in [5.41, 5.74) is 6.36. The highest BCUT2D eigenvalue weighted by Crippen LogP contribution is 2.28. The lowest BCUT2D eigenvalue weighted by atomic mass is 10.2. The summed E-state index contributed by atoms with van der Waals surface area (Å²) >= 11 is 2.62. The number of benzene rings is 1. The predicted octanol–water partition coefficient (Wildman–Crippen LogP) is 3.18. The maximum atomic E-state index is 12.3. The van der Waals surface area contributed by atoms with Gasteiger partial charge in [0.05, 0.1) is 11.8 Å². The molecule has 2 heterocycles. The van der Waals surface area contributed by atoms with Gasteiger partial charge in [0.25, 0.3) is 0 Å². The van der Waals surface area contributed by atoms with Gasteiger partial charge in [0.1, 0.15) is 11.3 Å². The molecule has 0 aliphatic carbocycles. The molecule has 2 aromatic heterocycles. The second kappa shape index (κ2) is 6.59. The second-order valence-electron chi connectivity index (χ2n) is 5.06. The fraction of sp³-hybridized carbons (Fsp3) is 0.267. The fourth-order valence-corrected chi connectivity index (χ4v) is 3.68. The quantitative estimate of drug-likeness (QED) is 0.713. The number of nitrogen functional groups attached to an aromatic ring is 1. The van der Waals surface area contributed by atoms with E-state index in [2.05, 4.69) is 10.2 Å². The number of carbonyl (C=O) groups excluding carboxylic acids is 1. The van der Waals surface area contributed by atoms with E-state index in [1.165, 1.54) is 23.1 Å². The third-order valence-corrected chi connectivity index (χ3v) is 5.44. The third kappa shape index (κ3) is 3.48. The lowest BCUT2D eigenvalue weighted by Gasteiger charge is -2.22. The van der Waals surface area contributed by atoms with Gasteiger partial charge in [0, 0.05) is 12.4 Å². The summed E-state index contributed by atoms with van der Waals surface area (Å²) in [6.07, 6.45) is 0. The van der Waals surface area contributed by atoms with Crippen LogP contribution in [0.1, 0.15) is 18.7 Å². The molecule has 1 amide bonds. The molecule has 0 fully saturated rings. The van der Waals surface area contributed by atoms with Gasteiger partial charge in [-0.1, -0.05) is 41.3 Å². The molecule has 0 aliphatic rings. The van der Waals surface area contributed by atoms with Gasteiger partial charge in [-0.25, -0.2) is 0 Å². The Morgan fingerprint density at radius 1 is 1.43 bits per heavy atom. The molecule has 0 spiro atoms. The molecule has 3 rings (SSSR count). The number of para-hydroxylation sites is 1. The van der Waals surface area contributed by atoms with E-state index in [1.54, 1.807) is 11.9 Å². The SMILES string of the molecule is CC(c1cc2ccccc2o1)N(C)C(=O)CSc1nnc(N)s1. The highest BCUT2D eigenvalue weighted by molar-refractivity contribution is 8.01. The van der Waals surface area contributed by atoms with Gasteiger partial charge in [-0.05, 0) is 19.1 Å². The van der Waals surface area contributed by atoms with Crippen LogP contribution in [-0.2, 0) is 4.79 Å². The maximum Gasteiger partial charge on any atom is 0.233 e. The molecule has 1 atom stereocenters. The van der Waals surface area contributed by atoms with E-state index in [9.17, 15) is 4.79 Å². The fourth-order valence-electron chi connectivity index (χ4n) is 2.12. The largest absolute Gasteiger partial charge is 0.459 e. The first-order valence-corrected chi connectivity index (χ1v) is 8.80. The molecule has 6 nitrogen and oxygen atoms in total. The van der Waals surface area contributed by atoms with Crippen molar-refractivity contribution in [3.05, 3.63) is 36.1 Å². The van der Waals surface area contributed by atoms with E-state index in [0.717, 1.165) is 16.7 Å². The topological polar surface area (TPSA) is 85.2 Å². The van der Waals surface area contributed by atoms with Crippen molar-refractivity contribution in [2.45, 2.75) is 17.3 Å². The van der Waals surface area contributed by atoms with E-state index in [4.69, 9.17) is 10.2 Å². The number of furan rings is 1. The molecule has 0 radical (unpaired) electrons. The van der Waals surface area contributed by atoms with Crippen LogP contribution in [0, 0.1) is 0 Å². The number of amides is 1. The number of hydrogen-bond acceptors (Lipinski definition) is 7. The molecule has 1 unspecified atom stereocenters. The highest BCUT2D eigenvalue weighted by atomic mass is 32.2. The van der Waals surface area contributed by atoms with Crippen molar-refractivity contribution in [1.82, 2.24) is 15.1 Å². The summed E-state index contributed by atoms with van der Waals surface area (Å²) in [4.78, 5) is 14.0. The van der Waals surface area contributed by atoms with E-state index >= 15 is 0 Å². The lowest BCUT2D eigenvalue weighted by molar-refractivity contribution is -0.129. The Bertz CT molecular complexity index is 797. The number of hydrogen-bond donors (Lipinski definition) is 1. The summed E-state index contributed by atoms with van der Waals surface area (Å²) in [6, 6.07) is 9.64. The van der Waals surface area contributed by atoms with Crippen molar-refractivity contribution in [3.63, 3.8) is 0 Å². The smallest absolute Gasteiger partial charge is 0.233 e. The van der Waals surface area contributed by atoms with Crippen LogP contribution in [-0.4, -0.2) is 33.8 Å². The zero-order valence-electron chi connectivity index (χ0n) is 12.7. The van der Waals surface area contributed by atoms with Crippen LogP contribution in [0.25, 0.3) is 11.0 Å². The molecule has 0 aliphatic heterocycles. The summed E-state index contributed by atoms with van der Waals surface area (Å²) in [5, 5.41) is 9.07. The van der Waals surface area contributed by atoms with Crippen LogP contribution < -0.4 is 5.73 Å². The van der Waals surface area contributed by atoms with Gasteiger partial charge in [-0.15, -0.1) is 10.2 Å². The first-order valence-electron chi connectivity index (χ1n) is 7.00. The monoisotopic (exact) mass is 348 g/mol. The van der Waals surface area contributed by atoms with Crippen molar-refractivity contribution >= 4 is 45.1 Å². The average Bonchev–Trinajstić information content (AvgIpc) is 3.16. The van der Waals surface area contributed by atoms with Crippen molar-refractivity contribution in [2.24, 2.45) is 0 Å². The van der Waals surface area contributed by atoms with Crippen molar-refractivity contribution in [3.8, 4) is 0 Å². The van der Waals surface area contributed by atoms with Crippen LogP contribution >= 0.6 is 23.1 Å². The van der Waals surface area contributed by atoms with Gasteiger partial charge in [0.2, 0.25) is 11.0 Å². The number of nitrogens with two attached hydrogens (primary N) is 1. The molecular weight excluding hydrogens is 332 g/mol. The summed E-state index contributed by atoms with van der Waals surface area (Å²) in [6.45, 7) is 1.95. The molecule has 0 saturated carbocycles. The molecule has 3 aromatic rings. The summed E-state index contributed by atoms with van der Waals surface area (Å²) in [7, 11) is 1.77. The number of fused-ring (bicyclic) bond motifs is 1. The Labute approximate surface area is 141 Å². The van der Waals surface area contributed by atoms with Crippen molar-refractivity contribution in [2.75, 3.05) is 18.5 Å². The Morgan fingerprint density at radius 3 is 2.91 bits per heavy atom. The Balaban J connectivity index is 1.65. The van der Waals surface area contributed by atoms with E-state index in [-0.39, 0.29) is 17.7 Å². The van der Waals surface area contributed by atoms with Gasteiger partial charge in [-0.2, -0.15) is 0 Å². The molecule has 23 heavy (non-hydrogen) atoms. The number of nitrogens with zero attached hydrogens (tertiary/aromatic N) is 3. The van der Waals surface area contributed by atoms with Gasteiger partial charge in [0.15, 0.2) is 4.34 Å². The Kier molecular flexibility index (Phi) is 4.53. The standard InChI is InChI=1S/C15H16N4O2S2/c1-9(12-7-10-5-3-4-6-11(10)21-12)19(2)13(20)8-22-15-18-17-14(16)23-15/h3-7,9H,8H2,1-2H3,(H2,16,17). The van der Waals surface area contributed by atoms with Gasteiger partial charge >= 0.3 is 0 Å². The maximum absolute atomic E-state index is 12.3. The minimum absolute atomic E-state index is 0.00303. The Hall–Kier alpha value is -2.06. The second-order valence-corrected chi connectivity index (χ2v) is 7.29. The molecule has 2 N–H and O–H groups in total. The summed E-state index contributed by atoms with van der Waals surface area (Å²) < 4.78 is 6.52. The lowest BCUT2D eigenvalue weighted by Crippen LogP contribution is -2.30. The van der Waals surface area contributed by atoms with Gasteiger partial charge < -0.3 is 15.1 Å². The van der Waals surface area contributed by atoms with Gasteiger partial charge in [-0.3, -0.25) is 4.79 Å². The zero-order valence-corrected chi connectivity index (χ0v) is 14.4. The first-order chi connectivity index (χ1) is 11.0. The minimum Gasteiger partial charge on any atom is -0.459 e. The van der Waals surface area contributed by atoms with Crippen molar-refractivity contribution in [1.29, 1.82) is 0 Å². The summed E-state index contributed by atoms with van der Waals surface area (Å²) in [5.74, 6) is 1.05. The minimum atomic E-state index is -0.144. The van der Waals surface area contributed by atoms with Crippen LogP contribution in [0.15, 0.2) is 39.1 Å². The number of rotatable bonds is 5. The zero-order chi connectivity index (χ0) is 16.4. The van der Waals surface area contributed by atoms with Crippen LogP contribution in [0.4, 0.5) is 5.13 Å². The first kappa shape index (κ1) is 15.8. The van der Waals surface area contributed by atoms with E-state index in [0.29, 0.717) is 9.47 Å². The number of thioether (sulfide) groups is 1. The predicted molar refractivity (Wildman–Crippen MR) is 92.4 cm³/mol. The van der Waals surface area contributed by atoms with Crippen LogP contribution in [0.2, 0.25) is 0 Å².